The van der Waals surface area contributed by atoms with E-state index in [2.05, 4.69) is 0 Å². The molecule has 0 saturated carbocycles. The molecule has 14 heavy (non-hydrogen) atoms. The van der Waals surface area contributed by atoms with Gasteiger partial charge in [-0.05, 0) is 12.1 Å². The van der Waals surface area contributed by atoms with Crippen molar-refractivity contribution in [2.24, 2.45) is 0 Å². The zero-order valence-corrected chi connectivity index (χ0v) is 7.51. The Bertz CT molecular complexity index is 354. The molecule has 0 aliphatic heterocycles. The minimum atomic E-state index is -2.56. The molecule has 1 atom stereocenters. The second-order valence-corrected chi connectivity index (χ2v) is 2.70. The molecule has 1 aromatic carbocycles. The first kappa shape index (κ1) is 7.09. The Morgan fingerprint density at radius 1 is 1.43 bits per heavy atom. The quantitative estimate of drug-likeness (QED) is 0.680. The van der Waals surface area contributed by atoms with Gasteiger partial charge in [-0.3, -0.25) is 0 Å². The molecule has 0 saturated heterocycles. The van der Waals surface area contributed by atoms with Gasteiger partial charge in [0.05, 0.1) is 17.8 Å². The van der Waals surface area contributed by atoms with Crippen molar-refractivity contribution in [1.82, 2.24) is 0 Å². The van der Waals surface area contributed by atoms with E-state index in [9.17, 15) is 0 Å². The molecule has 1 rings (SSSR count). The lowest BCUT2D eigenvalue weighted by Crippen LogP contribution is -2.21. The summed E-state index contributed by atoms with van der Waals surface area (Å²) in [7, 11) is -2.56. The molecule has 78 valence electrons. The number of aliphatic hydroxyl groups excluding tert-OH is 2. The predicted molar refractivity (Wildman–Crippen MR) is 51.6 cm³/mol. The fourth-order valence-electron chi connectivity index (χ4n) is 0.892. The lowest BCUT2D eigenvalue weighted by atomic mass is 10.3. The van der Waals surface area contributed by atoms with Crippen LogP contribution in [0.25, 0.3) is 0 Å². The molecule has 0 bridgehead atoms. The molecular formula is C10H14O4. The molecular weight excluding hydrogens is 185 g/mol. The van der Waals surface area contributed by atoms with E-state index in [0.29, 0.717) is 0 Å². The van der Waals surface area contributed by atoms with Crippen LogP contribution in [0.15, 0.2) is 24.3 Å². The molecule has 0 spiro atoms. The van der Waals surface area contributed by atoms with Crippen molar-refractivity contribution in [2.75, 3.05) is 20.3 Å². The van der Waals surface area contributed by atoms with Gasteiger partial charge in [0.2, 0.25) is 0 Å². The van der Waals surface area contributed by atoms with Gasteiger partial charge in [-0.25, -0.2) is 0 Å². The number of aliphatic hydroxyl groups is 2. The molecule has 0 aliphatic rings. The minimum absolute atomic E-state index is 0.0673. The van der Waals surface area contributed by atoms with Crippen LogP contribution in [-0.2, 0) is 0 Å². The van der Waals surface area contributed by atoms with Gasteiger partial charge in [0.1, 0.15) is 12.7 Å². The van der Waals surface area contributed by atoms with Crippen molar-refractivity contribution in [3.8, 4) is 11.5 Å². The van der Waals surface area contributed by atoms with Crippen molar-refractivity contribution in [2.45, 2.75) is 6.10 Å². The summed E-state index contributed by atoms with van der Waals surface area (Å²) in [5.74, 6) is 0.272. The van der Waals surface area contributed by atoms with E-state index in [1.165, 1.54) is 12.1 Å². The number of hydrogen-bond donors (Lipinski definition) is 2. The van der Waals surface area contributed by atoms with Crippen molar-refractivity contribution in [3.05, 3.63) is 24.3 Å². The average molecular weight is 202 g/mol. The average Bonchev–Trinajstić information content (AvgIpc) is 2.25. The Morgan fingerprint density at radius 3 is 2.79 bits per heavy atom. The largest absolute Gasteiger partial charge is 0.493 e. The summed E-state index contributed by atoms with van der Waals surface area (Å²) in [5.41, 5.74) is 0. The van der Waals surface area contributed by atoms with E-state index < -0.39 is 19.7 Å². The van der Waals surface area contributed by atoms with E-state index >= 15 is 0 Å². The number of benzene rings is 1. The second kappa shape index (κ2) is 5.47. The lowest BCUT2D eigenvalue weighted by Gasteiger charge is -2.12. The van der Waals surface area contributed by atoms with Gasteiger partial charge in [0.25, 0.3) is 0 Å². The van der Waals surface area contributed by atoms with Crippen LogP contribution < -0.4 is 9.47 Å². The van der Waals surface area contributed by atoms with E-state index in [1.807, 2.05) is 0 Å². The number of rotatable bonds is 5. The summed E-state index contributed by atoms with van der Waals surface area (Å²) >= 11 is 0. The zero-order valence-electron chi connectivity index (χ0n) is 10.5. The first-order valence-electron chi connectivity index (χ1n) is 5.62. The van der Waals surface area contributed by atoms with Crippen LogP contribution in [0.1, 0.15) is 4.11 Å². The van der Waals surface area contributed by atoms with Gasteiger partial charge in [-0.15, -0.1) is 0 Å². The Labute approximate surface area is 86.9 Å². The highest BCUT2D eigenvalue weighted by Crippen LogP contribution is 2.25. The molecule has 0 radical (unpaired) electrons. The maximum atomic E-state index is 9.12. The summed E-state index contributed by atoms with van der Waals surface area (Å²) in [6.07, 6.45) is -1.02. The molecule has 1 aromatic rings. The van der Waals surface area contributed by atoms with Gasteiger partial charge in [0.15, 0.2) is 11.5 Å². The summed E-state index contributed by atoms with van der Waals surface area (Å²) < 4.78 is 30.8. The highest BCUT2D eigenvalue weighted by atomic mass is 16.5. The van der Waals surface area contributed by atoms with E-state index in [-0.39, 0.29) is 18.1 Å². The highest BCUT2D eigenvalue weighted by molar-refractivity contribution is 5.39. The fraction of sp³-hybridized carbons (Fsp3) is 0.400. The van der Waals surface area contributed by atoms with Crippen LogP contribution in [0.5, 0.6) is 11.5 Å². The van der Waals surface area contributed by atoms with Gasteiger partial charge in [0, 0.05) is 0 Å². The van der Waals surface area contributed by atoms with Crippen molar-refractivity contribution < 1.29 is 23.8 Å². The van der Waals surface area contributed by atoms with Gasteiger partial charge < -0.3 is 19.7 Å². The molecule has 0 heterocycles. The van der Waals surface area contributed by atoms with Crippen LogP contribution in [-0.4, -0.2) is 36.6 Å². The molecule has 4 heteroatoms. The molecule has 4 nitrogen and oxygen atoms in total. The maximum Gasteiger partial charge on any atom is 0.161 e. The van der Waals surface area contributed by atoms with Crippen LogP contribution in [0, 0.1) is 0 Å². The van der Waals surface area contributed by atoms with Crippen molar-refractivity contribution in [1.29, 1.82) is 0 Å². The molecule has 2 N–H and O–H groups in total. The summed E-state index contributed by atoms with van der Waals surface area (Å²) in [6, 6.07) is 6.22. The normalized spacial score (nSPS) is 16.3. The van der Waals surface area contributed by atoms with Crippen LogP contribution in [0.2, 0.25) is 0 Å². The number of methoxy groups -OCH3 is 1. The van der Waals surface area contributed by atoms with E-state index in [1.54, 1.807) is 12.1 Å². The standard InChI is InChI=1S/C10H14O4/c1-13-9-4-2-3-5-10(9)14-7-8(12)6-11/h2-5,8,11-12H,6-7H2,1H3/i1+1D3. The van der Waals surface area contributed by atoms with Gasteiger partial charge >= 0.3 is 0 Å². The predicted octanol–water partition coefficient (Wildman–Crippen LogP) is 0.427. The van der Waals surface area contributed by atoms with E-state index in [0.717, 1.165) is 0 Å². The first-order valence-corrected chi connectivity index (χ1v) is 4.12. The summed E-state index contributed by atoms with van der Waals surface area (Å²) in [6.45, 7) is -0.569. The molecule has 1 unspecified atom stereocenters. The van der Waals surface area contributed by atoms with Crippen LogP contribution in [0.3, 0.4) is 0 Å². The number of ether oxygens (including phenoxy) is 2. The molecule has 0 aromatic heterocycles. The third-order valence-electron chi connectivity index (χ3n) is 1.60. The Balaban J connectivity index is 2.71. The fourth-order valence-corrected chi connectivity index (χ4v) is 0.892. The lowest BCUT2D eigenvalue weighted by molar-refractivity contribution is 0.0527. The Hall–Kier alpha value is -1.26. The molecule has 0 aliphatic carbocycles. The topological polar surface area (TPSA) is 58.9 Å². The van der Waals surface area contributed by atoms with Crippen LogP contribution in [0.4, 0.5) is 0 Å². The third kappa shape index (κ3) is 2.90. The maximum absolute atomic E-state index is 9.12. The monoisotopic (exact) mass is 202 g/mol. The molecule has 0 fully saturated rings. The summed E-state index contributed by atoms with van der Waals surface area (Å²) in [5, 5.41) is 17.7. The summed E-state index contributed by atoms with van der Waals surface area (Å²) in [4.78, 5) is 0. The highest BCUT2D eigenvalue weighted by Gasteiger charge is 2.06. The molecule has 0 amide bonds. The minimum Gasteiger partial charge on any atom is -0.493 e. The third-order valence-corrected chi connectivity index (χ3v) is 1.60. The van der Waals surface area contributed by atoms with Crippen LogP contribution >= 0.6 is 0 Å². The van der Waals surface area contributed by atoms with Crippen molar-refractivity contribution in [3.63, 3.8) is 0 Å². The Kier molecular flexibility index (Phi) is 2.77. The smallest absolute Gasteiger partial charge is 0.161 e. The second-order valence-electron chi connectivity index (χ2n) is 2.70. The Morgan fingerprint density at radius 2 is 2.14 bits per heavy atom. The van der Waals surface area contributed by atoms with Gasteiger partial charge in [-0.1, -0.05) is 12.1 Å². The van der Waals surface area contributed by atoms with Gasteiger partial charge in [-0.2, -0.15) is 0 Å². The number of para-hydroxylation sites is 2. The zero-order chi connectivity index (χ0) is 12.9. The number of hydrogen-bond acceptors (Lipinski definition) is 4. The van der Waals surface area contributed by atoms with E-state index in [4.69, 9.17) is 23.8 Å². The van der Waals surface area contributed by atoms with Crippen molar-refractivity contribution >= 4 is 0 Å². The first-order chi connectivity index (χ1) is 7.92. The SMILES string of the molecule is [2H][13C]([2H])([2H])Oc1ccccc1OCC(O)CO.